The zero-order valence-electron chi connectivity index (χ0n) is 12.9. The first-order valence-corrected chi connectivity index (χ1v) is 7.06. The van der Waals surface area contributed by atoms with Gasteiger partial charge in [0.25, 0.3) is 0 Å². The number of rotatable bonds is 3. The molecule has 0 radical (unpaired) electrons. The quantitative estimate of drug-likeness (QED) is 0.593. The standard InChI is InChI=1S/C18H16N2O3/c1-22-16-9-8-11-6-7-12(10-13(11)17(16)19)14-4-3-5-15(20-14)18(21)23-2/h3-10H,19H2,1-2H3. The summed E-state index contributed by atoms with van der Waals surface area (Å²) >= 11 is 0. The predicted molar refractivity (Wildman–Crippen MR) is 89.5 cm³/mol. The summed E-state index contributed by atoms with van der Waals surface area (Å²) in [7, 11) is 2.92. The monoisotopic (exact) mass is 308 g/mol. The zero-order chi connectivity index (χ0) is 16.4. The second-order valence-electron chi connectivity index (χ2n) is 5.02. The van der Waals surface area contributed by atoms with Gasteiger partial charge in [-0.05, 0) is 29.7 Å². The molecule has 116 valence electrons. The molecule has 1 aromatic heterocycles. The van der Waals surface area contributed by atoms with Gasteiger partial charge in [-0.15, -0.1) is 0 Å². The molecule has 2 aromatic carbocycles. The number of fused-ring (bicyclic) bond motifs is 1. The van der Waals surface area contributed by atoms with Gasteiger partial charge in [0, 0.05) is 10.9 Å². The molecule has 3 rings (SSSR count). The second kappa shape index (κ2) is 5.96. The first-order valence-electron chi connectivity index (χ1n) is 7.06. The molecule has 23 heavy (non-hydrogen) atoms. The van der Waals surface area contributed by atoms with Gasteiger partial charge in [0.15, 0.2) is 0 Å². The number of hydrogen-bond donors (Lipinski definition) is 1. The van der Waals surface area contributed by atoms with Gasteiger partial charge in [-0.25, -0.2) is 9.78 Å². The number of methoxy groups -OCH3 is 2. The molecule has 1 heterocycles. The summed E-state index contributed by atoms with van der Waals surface area (Å²) in [4.78, 5) is 16.0. The SMILES string of the molecule is COC(=O)c1cccc(-c2ccc3ccc(OC)c(N)c3c2)n1. The number of hydrogen-bond acceptors (Lipinski definition) is 5. The predicted octanol–water partition coefficient (Wildman–Crippen LogP) is 3.28. The molecule has 5 nitrogen and oxygen atoms in total. The lowest BCUT2D eigenvalue weighted by molar-refractivity contribution is 0.0594. The lowest BCUT2D eigenvalue weighted by Crippen LogP contribution is -2.04. The van der Waals surface area contributed by atoms with Crippen LogP contribution in [-0.2, 0) is 4.74 Å². The lowest BCUT2D eigenvalue weighted by atomic mass is 10.0. The highest BCUT2D eigenvalue weighted by atomic mass is 16.5. The van der Waals surface area contributed by atoms with Crippen LogP contribution in [0.1, 0.15) is 10.5 Å². The van der Waals surface area contributed by atoms with Crippen molar-refractivity contribution in [1.82, 2.24) is 4.98 Å². The van der Waals surface area contributed by atoms with Crippen molar-refractivity contribution >= 4 is 22.4 Å². The van der Waals surface area contributed by atoms with E-state index in [9.17, 15) is 4.79 Å². The van der Waals surface area contributed by atoms with Gasteiger partial charge in [-0.2, -0.15) is 0 Å². The Kier molecular flexibility index (Phi) is 3.85. The summed E-state index contributed by atoms with van der Waals surface area (Å²) in [6, 6.07) is 14.9. The van der Waals surface area contributed by atoms with Crippen LogP contribution in [0.4, 0.5) is 5.69 Å². The Balaban J connectivity index is 2.13. The van der Waals surface area contributed by atoms with Crippen molar-refractivity contribution in [2.75, 3.05) is 20.0 Å². The van der Waals surface area contributed by atoms with Crippen LogP contribution in [0.3, 0.4) is 0 Å². The van der Waals surface area contributed by atoms with E-state index in [-0.39, 0.29) is 5.69 Å². The number of nitrogen functional groups attached to an aromatic ring is 1. The largest absolute Gasteiger partial charge is 0.495 e. The minimum atomic E-state index is -0.464. The summed E-state index contributed by atoms with van der Waals surface area (Å²) in [5, 5.41) is 1.89. The first-order chi connectivity index (χ1) is 11.1. The van der Waals surface area contributed by atoms with Crippen LogP contribution in [0.15, 0.2) is 48.5 Å². The molecule has 2 N–H and O–H groups in total. The van der Waals surface area contributed by atoms with Crippen LogP contribution < -0.4 is 10.5 Å². The van der Waals surface area contributed by atoms with Crippen molar-refractivity contribution in [3.05, 3.63) is 54.2 Å². The maximum absolute atomic E-state index is 11.6. The van der Waals surface area contributed by atoms with E-state index in [0.717, 1.165) is 16.3 Å². The van der Waals surface area contributed by atoms with Gasteiger partial charge in [-0.1, -0.05) is 24.3 Å². The highest BCUT2D eigenvalue weighted by molar-refractivity contribution is 5.98. The van der Waals surface area contributed by atoms with Crippen LogP contribution in [-0.4, -0.2) is 25.2 Å². The van der Waals surface area contributed by atoms with Gasteiger partial charge in [0.05, 0.1) is 25.6 Å². The number of carbonyl (C=O) groups is 1. The molecule has 3 aromatic rings. The van der Waals surface area contributed by atoms with E-state index in [1.165, 1.54) is 7.11 Å². The Bertz CT molecular complexity index is 891. The number of nitrogens with two attached hydrogens (primary N) is 1. The minimum Gasteiger partial charge on any atom is -0.495 e. The van der Waals surface area contributed by atoms with Gasteiger partial charge in [-0.3, -0.25) is 0 Å². The van der Waals surface area contributed by atoms with Gasteiger partial charge >= 0.3 is 5.97 Å². The molecule has 5 heteroatoms. The molecule has 0 amide bonds. The van der Waals surface area contributed by atoms with Gasteiger partial charge < -0.3 is 15.2 Å². The van der Waals surface area contributed by atoms with E-state index in [1.807, 2.05) is 36.4 Å². The molecule has 0 aliphatic carbocycles. The molecule has 0 aliphatic heterocycles. The van der Waals surface area contributed by atoms with E-state index in [2.05, 4.69) is 4.98 Å². The fraction of sp³-hybridized carbons (Fsp3) is 0.111. The van der Waals surface area contributed by atoms with Crippen molar-refractivity contribution in [2.24, 2.45) is 0 Å². The Hall–Kier alpha value is -3.08. The number of carbonyl (C=O) groups excluding carboxylic acids is 1. The van der Waals surface area contributed by atoms with E-state index in [4.69, 9.17) is 15.2 Å². The van der Waals surface area contributed by atoms with Crippen LogP contribution in [0, 0.1) is 0 Å². The summed E-state index contributed by atoms with van der Waals surface area (Å²) in [5.74, 6) is 0.166. The topological polar surface area (TPSA) is 74.4 Å². The summed E-state index contributed by atoms with van der Waals surface area (Å²) in [6.45, 7) is 0. The van der Waals surface area contributed by atoms with E-state index >= 15 is 0 Å². The number of anilines is 1. The van der Waals surface area contributed by atoms with E-state index < -0.39 is 5.97 Å². The Morgan fingerprint density at radius 1 is 1.09 bits per heavy atom. The van der Waals surface area contributed by atoms with Crippen molar-refractivity contribution in [3.63, 3.8) is 0 Å². The normalized spacial score (nSPS) is 10.5. The molecule has 0 saturated carbocycles. The summed E-state index contributed by atoms with van der Waals surface area (Å²) < 4.78 is 9.97. The number of aromatic nitrogens is 1. The lowest BCUT2D eigenvalue weighted by Gasteiger charge is -2.10. The average Bonchev–Trinajstić information content (AvgIpc) is 2.61. The molecule has 0 spiro atoms. The minimum absolute atomic E-state index is 0.267. The maximum atomic E-state index is 11.6. The van der Waals surface area contributed by atoms with Crippen molar-refractivity contribution in [1.29, 1.82) is 0 Å². The number of ether oxygens (including phenoxy) is 2. The summed E-state index contributed by atoms with van der Waals surface area (Å²) in [6.07, 6.45) is 0. The smallest absolute Gasteiger partial charge is 0.356 e. The highest BCUT2D eigenvalue weighted by Crippen LogP contribution is 2.33. The molecule has 0 atom stereocenters. The Morgan fingerprint density at radius 2 is 1.87 bits per heavy atom. The van der Waals surface area contributed by atoms with Crippen molar-refractivity contribution in [3.8, 4) is 17.0 Å². The third-order valence-electron chi connectivity index (χ3n) is 3.68. The molecule has 0 unspecified atom stereocenters. The first kappa shape index (κ1) is 14.8. The third-order valence-corrected chi connectivity index (χ3v) is 3.68. The number of esters is 1. The zero-order valence-corrected chi connectivity index (χ0v) is 12.9. The Morgan fingerprint density at radius 3 is 2.61 bits per heavy atom. The van der Waals surface area contributed by atoms with Crippen molar-refractivity contribution in [2.45, 2.75) is 0 Å². The number of pyridine rings is 1. The second-order valence-corrected chi connectivity index (χ2v) is 5.02. The average molecular weight is 308 g/mol. The van der Waals surface area contributed by atoms with Crippen LogP contribution in [0.2, 0.25) is 0 Å². The molecule has 0 aliphatic rings. The van der Waals surface area contributed by atoms with Crippen molar-refractivity contribution < 1.29 is 14.3 Å². The fourth-order valence-corrected chi connectivity index (χ4v) is 2.47. The van der Waals surface area contributed by atoms with E-state index in [1.54, 1.807) is 19.2 Å². The van der Waals surface area contributed by atoms with Crippen LogP contribution in [0.5, 0.6) is 5.75 Å². The Labute approximate surface area is 133 Å². The molecular weight excluding hydrogens is 292 g/mol. The summed E-state index contributed by atoms with van der Waals surface area (Å²) in [5.41, 5.74) is 8.55. The van der Waals surface area contributed by atoms with Gasteiger partial charge in [0.2, 0.25) is 0 Å². The molecule has 0 bridgehead atoms. The van der Waals surface area contributed by atoms with E-state index in [0.29, 0.717) is 17.1 Å². The van der Waals surface area contributed by atoms with Gasteiger partial charge in [0.1, 0.15) is 11.4 Å². The molecular formula is C18H16N2O3. The fourth-order valence-electron chi connectivity index (χ4n) is 2.47. The molecule has 0 fully saturated rings. The molecule has 0 saturated heterocycles. The van der Waals surface area contributed by atoms with Crippen LogP contribution >= 0.6 is 0 Å². The maximum Gasteiger partial charge on any atom is 0.356 e. The van der Waals surface area contributed by atoms with Crippen LogP contribution in [0.25, 0.3) is 22.0 Å². The third kappa shape index (κ3) is 2.68. The highest BCUT2D eigenvalue weighted by Gasteiger charge is 2.10. The number of nitrogens with zero attached hydrogens (tertiary/aromatic N) is 1. The number of benzene rings is 2.